The van der Waals surface area contributed by atoms with Crippen LogP contribution in [-0.2, 0) is 10.8 Å². The van der Waals surface area contributed by atoms with Crippen LogP contribution < -0.4 is 0 Å². The fraction of sp³-hybridized carbons (Fsp3) is 0.714. The van der Waals surface area contributed by atoms with Gasteiger partial charge < -0.3 is 0 Å². The smallest absolute Gasteiger partial charge is 0.0382 e. The molecule has 0 amide bonds. The van der Waals surface area contributed by atoms with Crippen molar-refractivity contribution in [3.8, 4) is 0 Å². The molecule has 1 aliphatic rings. The van der Waals surface area contributed by atoms with Crippen LogP contribution in [0, 0.1) is 0 Å². The van der Waals surface area contributed by atoms with Gasteiger partial charge in [-0.3, -0.25) is 4.21 Å². The summed E-state index contributed by atoms with van der Waals surface area (Å²) in [5.74, 6) is 0.915. The minimum Gasteiger partial charge on any atom is -0.259 e. The van der Waals surface area contributed by atoms with Crippen molar-refractivity contribution in [2.75, 3.05) is 5.75 Å². The molecular weight excluding hydrogens is 132 g/mol. The number of allylic oxidation sites excluding steroid dienone is 1. The maximum absolute atomic E-state index is 11.0. The van der Waals surface area contributed by atoms with Gasteiger partial charge in [0.25, 0.3) is 0 Å². The Bertz CT molecular complexity index is 131. The van der Waals surface area contributed by atoms with E-state index < -0.39 is 10.8 Å². The first-order valence-corrected chi connectivity index (χ1v) is 4.71. The first kappa shape index (κ1) is 7.00. The summed E-state index contributed by atoms with van der Waals surface area (Å²) in [6.45, 7) is 3.62. The third-order valence-electron chi connectivity index (χ3n) is 1.67. The molecule has 1 saturated heterocycles. The van der Waals surface area contributed by atoms with Gasteiger partial charge in [0.15, 0.2) is 0 Å². The van der Waals surface area contributed by atoms with E-state index in [2.05, 4.69) is 6.58 Å². The van der Waals surface area contributed by atoms with Crippen molar-refractivity contribution in [1.29, 1.82) is 0 Å². The van der Waals surface area contributed by atoms with Gasteiger partial charge in [-0.25, -0.2) is 0 Å². The molecule has 1 fully saturated rings. The lowest BCUT2D eigenvalue weighted by atomic mass is 10.2. The van der Waals surface area contributed by atoms with E-state index in [0.29, 0.717) is 5.25 Å². The van der Waals surface area contributed by atoms with E-state index in [0.717, 1.165) is 25.0 Å². The van der Waals surface area contributed by atoms with Crippen molar-refractivity contribution >= 4 is 10.8 Å². The zero-order chi connectivity index (χ0) is 6.69. The lowest BCUT2D eigenvalue weighted by Gasteiger charge is -2.01. The highest BCUT2D eigenvalue weighted by atomic mass is 32.2. The highest BCUT2D eigenvalue weighted by molar-refractivity contribution is 7.85. The second-order valence-corrected chi connectivity index (χ2v) is 4.21. The van der Waals surface area contributed by atoms with Gasteiger partial charge >= 0.3 is 0 Å². The third-order valence-corrected chi connectivity index (χ3v) is 3.54. The Morgan fingerprint density at radius 3 is 3.00 bits per heavy atom. The summed E-state index contributed by atoms with van der Waals surface area (Å²) < 4.78 is 11.0. The van der Waals surface area contributed by atoms with Crippen LogP contribution in [-0.4, -0.2) is 15.2 Å². The van der Waals surface area contributed by atoms with Crippen molar-refractivity contribution in [1.82, 2.24) is 0 Å². The van der Waals surface area contributed by atoms with E-state index in [1.165, 1.54) is 0 Å². The summed E-state index contributed by atoms with van der Waals surface area (Å²) in [4.78, 5) is 0. The summed E-state index contributed by atoms with van der Waals surface area (Å²) in [7, 11) is -0.532. The summed E-state index contributed by atoms with van der Waals surface area (Å²) >= 11 is 0. The first-order valence-electron chi connectivity index (χ1n) is 3.32. The summed E-state index contributed by atoms with van der Waals surface area (Å²) in [6, 6.07) is 0. The predicted octanol–water partition coefficient (Wildman–Crippen LogP) is 1.47. The molecule has 1 rings (SSSR count). The molecule has 0 spiro atoms. The average Bonchev–Trinajstić information content (AvgIpc) is 2.18. The zero-order valence-electron chi connectivity index (χ0n) is 5.51. The SMILES string of the molecule is C=CC[C@H]1CCC[S@]1=O. The van der Waals surface area contributed by atoms with Gasteiger partial charge in [0.05, 0.1) is 0 Å². The minimum atomic E-state index is -0.532. The van der Waals surface area contributed by atoms with Gasteiger partial charge in [0.1, 0.15) is 0 Å². The second kappa shape index (κ2) is 3.16. The van der Waals surface area contributed by atoms with E-state index in [9.17, 15) is 4.21 Å². The van der Waals surface area contributed by atoms with Gasteiger partial charge in [-0.1, -0.05) is 6.08 Å². The molecule has 2 heteroatoms. The zero-order valence-corrected chi connectivity index (χ0v) is 6.32. The predicted molar refractivity (Wildman–Crippen MR) is 40.8 cm³/mol. The lowest BCUT2D eigenvalue weighted by molar-refractivity contribution is 0.676. The maximum Gasteiger partial charge on any atom is 0.0382 e. The Labute approximate surface area is 58.6 Å². The molecule has 0 unspecified atom stereocenters. The molecule has 0 radical (unpaired) electrons. The molecule has 0 bridgehead atoms. The lowest BCUT2D eigenvalue weighted by Crippen LogP contribution is -2.06. The van der Waals surface area contributed by atoms with Crippen LogP contribution in [0.15, 0.2) is 12.7 Å². The monoisotopic (exact) mass is 144 g/mol. The molecular formula is C7H12OS. The number of rotatable bonds is 2. The maximum atomic E-state index is 11.0. The molecule has 1 aliphatic heterocycles. The van der Waals surface area contributed by atoms with Gasteiger partial charge in [-0.15, -0.1) is 6.58 Å². The van der Waals surface area contributed by atoms with Crippen LogP contribution in [0.3, 0.4) is 0 Å². The highest BCUT2D eigenvalue weighted by Gasteiger charge is 2.20. The van der Waals surface area contributed by atoms with Crippen LogP contribution in [0.5, 0.6) is 0 Å². The van der Waals surface area contributed by atoms with Crippen molar-refractivity contribution in [2.45, 2.75) is 24.5 Å². The van der Waals surface area contributed by atoms with E-state index in [1.807, 2.05) is 6.08 Å². The summed E-state index contributed by atoms with van der Waals surface area (Å²) in [5.41, 5.74) is 0. The Balaban J connectivity index is 2.39. The number of hydrogen-bond acceptors (Lipinski definition) is 1. The molecule has 1 nitrogen and oxygen atoms in total. The minimum absolute atomic E-state index is 0.433. The molecule has 9 heavy (non-hydrogen) atoms. The van der Waals surface area contributed by atoms with E-state index in [1.54, 1.807) is 0 Å². The highest BCUT2D eigenvalue weighted by Crippen LogP contribution is 2.18. The van der Waals surface area contributed by atoms with E-state index >= 15 is 0 Å². The van der Waals surface area contributed by atoms with Gasteiger partial charge in [0.2, 0.25) is 0 Å². The molecule has 0 aliphatic carbocycles. The molecule has 0 aromatic carbocycles. The molecule has 2 atom stereocenters. The van der Waals surface area contributed by atoms with Crippen molar-refractivity contribution < 1.29 is 4.21 Å². The van der Waals surface area contributed by atoms with Crippen LogP contribution in [0.25, 0.3) is 0 Å². The second-order valence-electron chi connectivity index (χ2n) is 2.37. The number of hydrogen-bond donors (Lipinski definition) is 0. The van der Waals surface area contributed by atoms with E-state index in [-0.39, 0.29) is 0 Å². The van der Waals surface area contributed by atoms with Crippen molar-refractivity contribution in [3.63, 3.8) is 0 Å². The third kappa shape index (κ3) is 1.65. The quantitative estimate of drug-likeness (QED) is 0.536. The van der Waals surface area contributed by atoms with Crippen LogP contribution in [0.4, 0.5) is 0 Å². The summed E-state index contributed by atoms with van der Waals surface area (Å²) in [5, 5.41) is 0.433. The van der Waals surface area contributed by atoms with Gasteiger partial charge in [-0.05, 0) is 19.3 Å². The standard InChI is InChI=1S/C7H12OS/c1-2-4-7-5-3-6-9(7)8/h2,7H,1,3-6H2/t7-,9+/m0/s1. The molecule has 0 aromatic heterocycles. The van der Waals surface area contributed by atoms with E-state index in [4.69, 9.17) is 0 Å². The fourth-order valence-electron chi connectivity index (χ4n) is 1.16. The topological polar surface area (TPSA) is 17.1 Å². The molecule has 52 valence electrons. The molecule has 0 saturated carbocycles. The largest absolute Gasteiger partial charge is 0.259 e. The van der Waals surface area contributed by atoms with Crippen LogP contribution in [0.1, 0.15) is 19.3 Å². The fourth-order valence-corrected chi connectivity index (χ4v) is 2.73. The van der Waals surface area contributed by atoms with Crippen LogP contribution in [0.2, 0.25) is 0 Å². The average molecular weight is 144 g/mol. The Morgan fingerprint density at radius 2 is 2.56 bits per heavy atom. The van der Waals surface area contributed by atoms with Gasteiger partial charge in [-0.2, -0.15) is 0 Å². The van der Waals surface area contributed by atoms with Crippen molar-refractivity contribution in [3.05, 3.63) is 12.7 Å². The molecule has 0 N–H and O–H groups in total. The summed E-state index contributed by atoms with van der Waals surface area (Å²) in [6.07, 6.45) is 5.09. The Morgan fingerprint density at radius 1 is 1.78 bits per heavy atom. The van der Waals surface area contributed by atoms with Crippen LogP contribution >= 0.6 is 0 Å². The van der Waals surface area contributed by atoms with Crippen molar-refractivity contribution in [2.24, 2.45) is 0 Å². The Kier molecular flexibility index (Phi) is 2.46. The molecule has 1 heterocycles. The Hall–Kier alpha value is -0.110. The first-order chi connectivity index (χ1) is 4.34. The normalized spacial score (nSPS) is 34.7. The van der Waals surface area contributed by atoms with Gasteiger partial charge in [0, 0.05) is 21.8 Å². The molecule has 0 aromatic rings.